The summed E-state index contributed by atoms with van der Waals surface area (Å²) in [4.78, 5) is 19.3. The summed E-state index contributed by atoms with van der Waals surface area (Å²) < 4.78 is 0. The molecule has 0 N–H and O–H groups in total. The van der Waals surface area contributed by atoms with Gasteiger partial charge in [0.15, 0.2) is 5.78 Å². The van der Waals surface area contributed by atoms with Crippen LogP contribution in [0.5, 0.6) is 0 Å². The average Bonchev–Trinajstić information content (AvgIpc) is 3.09. The quantitative estimate of drug-likeness (QED) is 0.748. The lowest BCUT2D eigenvalue weighted by Crippen LogP contribution is -2.41. The van der Waals surface area contributed by atoms with E-state index in [0.29, 0.717) is 24.0 Å². The Kier molecular flexibility index (Phi) is 4.15. The summed E-state index contributed by atoms with van der Waals surface area (Å²) in [5.41, 5.74) is 6.53. The third-order valence-electron chi connectivity index (χ3n) is 6.16. The van der Waals surface area contributed by atoms with Gasteiger partial charge in [-0.25, -0.2) is 4.98 Å². The molecule has 0 bridgehead atoms. The molecule has 1 aromatic heterocycles. The molecular weight excluding hydrogens is 326 g/mol. The number of aromatic nitrogens is 1. The van der Waals surface area contributed by atoms with Crippen LogP contribution in [0.3, 0.4) is 0 Å². The Bertz CT molecular complexity index is 833. The molecule has 130 valence electrons. The number of carbonyl (C=O) groups is 1. The van der Waals surface area contributed by atoms with Crippen LogP contribution in [0.2, 0.25) is 0 Å². The van der Waals surface area contributed by atoms with E-state index < -0.39 is 0 Å². The predicted molar refractivity (Wildman–Crippen MR) is 103 cm³/mol. The first kappa shape index (κ1) is 16.7. The van der Waals surface area contributed by atoms with Gasteiger partial charge in [0, 0.05) is 23.3 Å². The van der Waals surface area contributed by atoms with Crippen LogP contribution in [-0.4, -0.2) is 10.8 Å². The molecule has 0 spiro atoms. The van der Waals surface area contributed by atoms with E-state index in [1.807, 2.05) is 5.51 Å². The monoisotopic (exact) mass is 351 g/mol. The van der Waals surface area contributed by atoms with Crippen molar-refractivity contribution in [1.29, 1.82) is 0 Å². The standard InChI is InChI=1S/C22H25NOS/c1-4-22(17-8-6-5-7-9-17)20-16(11-18-21(22)25-13-23-18)10-15(14(2)3)12-19(20)24/h5-9,13-15H,4,10-12H2,1-3H3/t15-,22+/m0/s1. The van der Waals surface area contributed by atoms with Crippen molar-refractivity contribution in [2.45, 2.75) is 51.9 Å². The maximum absolute atomic E-state index is 13.3. The lowest BCUT2D eigenvalue weighted by Gasteiger charge is -2.43. The first-order valence-corrected chi connectivity index (χ1v) is 10.2. The van der Waals surface area contributed by atoms with Crippen molar-refractivity contribution in [3.63, 3.8) is 0 Å². The zero-order chi connectivity index (χ0) is 17.6. The molecule has 0 fully saturated rings. The van der Waals surface area contributed by atoms with Crippen LogP contribution in [0, 0.1) is 11.8 Å². The maximum Gasteiger partial charge on any atom is 0.160 e. The fourth-order valence-corrected chi connectivity index (χ4v) is 5.91. The van der Waals surface area contributed by atoms with Gasteiger partial charge in [-0.1, -0.05) is 56.7 Å². The highest BCUT2D eigenvalue weighted by Gasteiger charge is 2.48. The number of Topliss-reactive ketones (excluding diaryl/α,β-unsaturated/α-hetero) is 1. The van der Waals surface area contributed by atoms with Gasteiger partial charge >= 0.3 is 0 Å². The minimum atomic E-state index is -0.301. The molecule has 3 heteroatoms. The number of hydrogen-bond acceptors (Lipinski definition) is 3. The Hall–Kier alpha value is -1.74. The van der Waals surface area contributed by atoms with Gasteiger partial charge in [-0.05, 0) is 30.2 Å². The van der Waals surface area contributed by atoms with Gasteiger partial charge in [-0.15, -0.1) is 11.3 Å². The second kappa shape index (κ2) is 6.21. The number of thiazole rings is 1. The third-order valence-corrected chi connectivity index (χ3v) is 7.20. The Morgan fingerprint density at radius 1 is 1.24 bits per heavy atom. The summed E-state index contributed by atoms with van der Waals surface area (Å²) >= 11 is 1.72. The Labute approximate surface area is 154 Å². The van der Waals surface area contributed by atoms with Crippen molar-refractivity contribution in [2.24, 2.45) is 11.8 Å². The molecule has 4 rings (SSSR count). The van der Waals surface area contributed by atoms with Crippen LogP contribution in [0.4, 0.5) is 0 Å². The van der Waals surface area contributed by atoms with Crippen LogP contribution >= 0.6 is 11.3 Å². The van der Waals surface area contributed by atoms with Crippen molar-refractivity contribution in [3.8, 4) is 0 Å². The molecular formula is C22H25NOS. The van der Waals surface area contributed by atoms with Crippen molar-refractivity contribution < 1.29 is 4.79 Å². The maximum atomic E-state index is 13.3. The lowest BCUT2D eigenvalue weighted by molar-refractivity contribution is -0.118. The van der Waals surface area contributed by atoms with Gasteiger partial charge in [0.25, 0.3) is 0 Å². The van der Waals surface area contributed by atoms with Crippen LogP contribution in [-0.2, 0) is 16.6 Å². The Morgan fingerprint density at radius 2 is 2.00 bits per heavy atom. The zero-order valence-corrected chi connectivity index (χ0v) is 16.0. The molecule has 2 aliphatic carbocycles. The molecule has 2 atom stereocenters. The first-order chi connectivity index (χ1) is 12.1. The minimum Gasteiger partial charge on any atom is -0.294 e. The van der Waals surface area contributed by atoms with E-state index in [1.165, 1.54) is 21.7 Å². The van der Waals surface area contributed by atoms with Crippen LogP contribution < -0.4 is 0 Å². The van der Waals surface area contributed by atoms with Crippen LogP contribution in [0.15, 0.2) is 47.0 Å². The molecule has 1 aromatic carbocycles. The number of allylic oxidation sites excluding steroid dienone is 2. The van der Waals surface area contributed by atoms with Gasteiger partial charge in [-0.2, -0.15) is 0 Å². The van der Waals surface area contributed by atoms with E-state index >= 15 is 0 Å². The van der Waals surface area contributed by atoms with Crippen LogP contribution in [0.25, 0.3) is 0 Å². The van der Waals surface area contributed by atoms with E-state index in [1.54, 1.807) is 11.3 Å². The van der Waals surface area contributed by atoms with Gasteiger partial charge < -0.3 is 0 Å². The second-order valence-corrected chi connectivity index (χ2v) is 8.60. The number of fused-ring (bicyclic) bond motifs is 1. The summed E-state index contributed by atoms with van der Waals surface area (Å²) in [6.45, 7) is 6.70. The molecule has 2 aromatic rings. The summed E-state index contributed by atoms with van der Waals surface area (Å²) in [6.07, 6.45) is 3.50. The topological polar surface area (TPSA) is 30.0 Å². The first-order valence-electron chi connectivity index (χ1n) is 9.32. The number of ketones is 1. The van der Waals surface area contributed by atoms with Crippen molar-refractivity contribution >= 4 is 17.1 Å². The number of hydrogen-bond donors (Lipinski definition) is 0. The predicted octanol–water partition coefficient (Wildman–Crippen LogP) is 5.33. The summed E-state index contributed by atoms with van der Waals surface area (Å²) in [7, 11) is 0. The molecule has 0 saturated carbocycles. The molecule has 0 saturated heterocycles. The highest BCUT2D eigenvalue weighted by molar-refractivity contribution is 7.10. The molecule has 1 heterocycles. The molecule has 2 nitrogen and oxygen atoms in total. The number of benzene rings is 1. The highest BCUT2D eigenvalue weighted by atomic mass is 32.1. The minimum absolute atomic E-state index is 0.301. The lowest BCUT2D eigenvalue weighted by atomic mass is 9.60. The number of nitrogens with zero attached hydrogens (tertiary/aromatic N) is 1. The molecule has 0 amide bonds. The van der Waals surface area contributed by atoms with E-state index in [9.17, 15) is 4.79 Å². The average molecular weight is 352 g/mol. The fraction of sp³-hybridized carbons (Fsp3) is 0.455. The van der Waals surface area contributed by atoms with Crippen molar-refractivity contribution in [2.75, 3.05) is 0 Å². The summed E-state index contributed by atoms with van der Waals surface area (Å²) in [5.74, 6) is 1.38. The Morgan fingerprint density at radius 3 is 2.68 bits per heavy atom. The van der Waals surface area contributed by atoms with Crippen molar-refractivity contribution in [3.05, 3.63) is 63.1 Å². The summed E-state index contributed by atoms with van der Waals surface area (Å²) in [6, 6.07) is 10.6. The fourth-order valence-electron chi connectivity index (χ4n) is 4.80. The van der Waals surface area contributed by atoms with Gasteiger partial charge in [0.05, 0.1) is 16.6 Å². The smallest absolute Gasteiger partial charge is 0.160 e. The molecule has 25 heavy (non-hydrogen) atoms. The molecule has 0 unspecified atom stereocenters. The largest absolute Gasteiger partial charge is 0.294 e. The number of carbonyl (C=O) groups excluding carboxylic acids is 1. The van der Waals surface area contributed by atoms with Crippen LogP contribution in [0.1, 0.15) is 56.2 Å². The normalized spacial score (nSPS) is 25.9. The summed E-state index contributed by atoms with van der Waals surface area (Å²) in [5, 5.41) is 0. The van der Waals surface area contributed by atoms with E-state index in [2.05, 4.69) is 56.1 Å². The van der Waals surface area contributed by atoms with Gasteiger partial charge in [-0.3, -0.25) is 4.79 Å². The third kappa shape index (κ3) is 2.43. The van der Waals surface area contributed by atoms with E-state index in [0.717, 1.165) is 24.8 Å². The van der Waals surface area contributed by atoms with E-state index in [-0.39, 0.29) is 5.41 Å². The molecule has 0 radical (unpaired) electrons. The van der Waals surface area contributed by atoms with Crippen molar-refractivity contribution in [1.82, 2.24) is 4.98 Å². The SMILES string of the molecule is CC[C@@]1(c2ccccc2)C2=C(Cc3ncsc31)C[C@H](C(C)C)CC2=O. The number of rotatable bonds is 3. The Balaban J connectivity index is 1.96. The molecule has 0 aliphatic heterocycles. The van der Waals surface area contributed by atoms with Gasteiger partial charge in [0.1, 0.15) is 0 Å². The second-order valence-electron chi connectivity index (χ2n) is 7.74. The highest BCUT2D eigenvalue weighted by Crippen LogP contribution is 2.53. The van der Waals surface area contributed by atoms with E-state index in [4.69, 9.17) is 0 Å². The van der Waals surface area contributed by atoms with Gasteiger partial charge in [0.2, 0.25) is 0 Å². The molecule has 2 aliphatic rings. The zero-order valence-electron chi connectivity index (χ0n) is 15.2.